The van der Waals surface area contributed by atoms with E-state index < -0.39 is 0 Å². The Hall–Kier alpha value is -0.280. The lowest BCUT2D eigenvalue weighted by molar-refractivity contribution is 0.326. The summed E-state index contributed by atoms with van der Waals surface area (Å²) in [6.45, 7) is 3.14. The van der Waals surface area contributed by atoms with Crippen LogP contribution in [0.25, 0.3) is 0 Å². The zero-order chi connectivity index (χ0) is 12.1. The molecule has 1 aromatic rings. The highest BCUT2D eigenvalue weighted by Crippen LogP contribution is 2.26. The summed E-state index contributed by atoms with van der Waals surface area (Å²) in [6, 6.07) is 2.54. The van der Waals surface area contributed by atoms with E-state index in [0.29, 0.717) is 6.04 Å². The molecule has 96 valence electrons. The maximum atomic E-state index is 5.42. The maximum absolute atomic E-state index is 5.42. The van der Waals surface area contributed by atoms with Crippen LogP contribution in [0.15, 0.2) is 21.2 Å². The fourth-order valence-electron chi connectivity index (χ4n) is 2.68. The van der Waals surface area contributed by atoms with E-state index in [4.69, 9.17) is 4.42 Å². The van der Waals surface area contributed by atoms with Crippen molar-refractivity contribution in [1.82, 2.24) is 5.32 Å². The normalized spacial score (nSPS) is 20.1. The van der Waals surface area contributed by atoms with Crippen LogP contribution in [0, 0.1) is 5.92 Å². The highest BCUT2D eigenvalue weighted by molar-refractivity contribution is 9.10. The standard InChI is InChI=1S/C14H22BrNO/c1-11(12-6-4-2-3-5-7-12)16-10-14-13(15)8-9-17-14/h8-9,11-12,16H,2-7,10H2,1H3/t11-/m0/s1. The lowest BCUT2D eigenvalue weighted by atomic mass is 9.93. The maximum Gasteiger partial charge on any atom is 0.131 e. The van der Waals surface area contributed by atoms with Gasteiger partial charge in [-0.05, 0) is 47.7 Å². The zero-order valence-corrected chi connectivity index (χ0v) is 12.1. The Morgan fingerprint density at radius 1 is 1.35 bits per heavy atom. The molecule has 3 heteroatoms. The van der Waals surface area contributed by atoms with Gasteiger partial charge in [0.15, 0.2) is 0 Å². The van der Waals surface area contributed by atoms with E-state index in [1.54, 1.807) is 6.26 Å². The summed E-state index contributed by atoms with van der Waals surface area (Å²) in [4.78, 5) is 0. The fraction of sp³-hybridized carbons (Fsp3) is 0.714. The minimum Gasteiger partial charge on any atom is -0.467 e. The number of nitrogens with one attached hydrogen (secondary N) is 1. The first-order chi connectivity index (χ1) is 8.27. The molecule has 1 aliphatic rings. The molecule has 0 amide bonds. The van der Waals surface area contributed by atoms with Crippen LogP contribution in [-0.2, 0) is 6.54 Å². The Morgan fingerprint density at radius 2 is 2.06 bits per heavy atom. The smallest absolute Gasteiger partial charge is 0.131 e. The van der Waals surface area contributed by atoms with Crippen LogP contribution >= 0.6 is 15.9 Å². The van der Waals surface area contributed by atoms with Gasteiger partial charge in [0.1, 0.15) is 5.76 Å². The van der Waals surface area contributed by atoms with Crippen molar-refractivity contribution in [3.05, 3.63) is 22.6 Å². The van der Waals surface area contributed by atoms with E-state index in [1.807, 2.05) is 6.07 Å². The summed E-state index contributed by atoms with van der Waals surface area (Å²) in [6.07, 6.45) is 10.2. The molecule has 0 aliphatic heterocycles. The second-order valence-corrected chi connectivity index (χ2v) is 5.97. The van der Waals surface area contributed by atoms with Crippen LogP contribution in [0.1, 0.15) is 51.2 Å². The summed E-state index contributed by atoms with van der Waals surface area (Å²) in [5.74, 6) is 1.84. The summed E-state index contributed by atoms with van der Waals surface area (Å²) >= 11 is 3.49. The lowest BCUT2D eigenvalue weighted by Crippen LogP contribution is -2.32. The molecule has 17 heavy (non-hydrogen) atoms. The van der Waals surface area contributed by atoms with E-state index in [9.17, 15) is 0 Å². The van der Waals surface area contributed by atoms with Crippen molar-refractivity contribution in [3.63, 3.8) is 0 Å². The molecule has 1 atom stereocenters. The third-order valence-corrected chi connectivity index (χ3v) is 4.59. The SMILES string of the molecule is C[C@H](NCc1occc1Br)C1CCCCCC1. The monoisotopic (exact) mass is 299 g/mol. The topological polar surface area (TPSA) is 25.2 Å². The van der Waals surface area contributed by atoms with Crippen molar-refractivity contribution in [3.8, 4) is 0 Å². The minimum atomic E-state index is 0.588. The van der Waals surface area contributed by atoms with Gasteiger partial charge in [0, 0.05) is 6.04 Å². The summed E-state index contributed by atoms with van der Waals surface area (Å²) in [7, 11) is 0. The largest absolute Gasteiger partial charge is 0.467 e. The van der Waals surface area contributed by atoms with Gasteiger partial charge in [-0.15, -0.1) is 0 Å². The van der Waals surface area contributed by atoms with Crippen LogP contribution in [0.2, 0.25) is 0 Å². The van der Waals surface area contributed by atoms with Crippen LogP contribution in [0.5, 0.6) is 0 Å². The van der Waals surface area contributed by atoms with E-state index >= 15 is 0 Å². The van der Waals surface area contributed by atoms with E-state index in [1.165, 1.54) is 38.5 Å². The Morgan fingerprint density at radius 3 is 2.65 bits per heavy atom. The molecule has 0 aromatic carbocycles. The first-order valence-electron chi connectivity index (χ1n) is 6.72. The Bertz CT molecular complexity index is 329. The number of hydrogen-bond donors (Lipinski definition) is 1. The van der Waals surface area contributed by atoms with Crippen LogP contribution in [0.4, 0.5) is 0 Å². The molecule has 2 nitrogen and oxygen atoms in total. The number of rotatable bonds is 4. The van der Waals surface area contributed by atoms with Crippen molar-refractivity contribution in [1.29, 1.82) is 0 Å². The van der Waals surface area contributed by atoms with Gasteiger partial charge in [-0.2, -0.15) is 0 Å². The van der Waals surface area contributed by atoms with Gasteiger partial charge in [0.25, 0.3) is 0 Å². The molecule has 1 aromatic heterocycles. The van der Waals surface area contributed by atoms with E-state index in [2.05, 4.69) is 28.2 Å². The number of halogens is 1. The van der Waals surface area contributed by atoms with E-state index in [0.717, 1.165) is 22.7 Å². The Kier molecular flexibility index (Phi) is 5.11. The molecule has 0 spiro atoms. The molecule has 1 saturated carbocycles. The Labute approximate surface area is 112 Å². The van der Waals surface area contributed by atoms with Crippen LogP contribution in [0.3, 0.4) is 0 Å². The lowest BCUT2D eigenvalue weighted by Gasteiger charge is -2.23. The fourth-order valence-corrected chi connectivity index (χ4v) is 3.02. The predicted octanol–water partition coefficient (Wildman–Crippen LogP) is 4.49. The molecule has 0 bridgehead atoms. The van der Waals surface area contributed by atoms with Crippen molar-refractivity contribution in [2.24, 2.45) is 5.92 Å². The van der Waals surface area contributed by atoms with Gasteiger partial charge < -0.3 is 9.73 Å². The van der Waals surface area contributed by atoms with Gasteiger partial charge in [-0.3, -0.25) is 0 Å². The van der Waals surface area contributed by atoms with E-state index in [-0.39, 0.29) is 0 Å². The summed E-state index contributed by atoms with van der Waals surface area (Å²) in [5.41, 5.74) is 0. The molecular formula is C14H22BrNO. The predicted molar refractivity (Wildman–Crippen MR) is 73.9 cm³/mol. The third-order valence-electron chi connectivity index (χ3n) is 3.88. The summed E-state index contributed by atoms with van der Waals surface area (Å²) in [5, 5.41) is 3.60. The number of hydrogen-bond acceptors (Lipinski definition) is 2. The highest BCUT2D eigenvalue weighted by Gasteiger charge is 2.19. The van der Waals surface area contributed by atoms with Gasteiger partial charge in [-0.1, -0.05) is 25.7 Å². The average Bonchev–Trinajstić information content (AvgIpc) is 2.58. The minimum absolute atomic E-state index is 0.588. The molecule has 1 heterocycles. The van der Waals surface area contributed by atoms with Gasteiger partial charge in [-0.25, -0.2) is 0 Å². The van der Waals surface area contributed by atoms with Crippen molar-refractivity contribution in [2.45, 2.75) is 58.0 Å². The molecule has 2 rings (SSSR count). The molecule has 1 N–H and O–H groups in total. The zero-order valence-electron chi connectivity index (χ0n) is 10.5. The van der Waals surface area contributed by atoms with Gasteiger partial charge in [0.05, 0.1) is 17.3 Å². The molecule has 1 aliphatic carbocycles. The number of furan rings is 1. The van der Waals surface area contributed by atoms with Gasteiger partial charge >= 0.3 is 0 Å². The Balaban J connectivity index is 1.80. The first kappa shape index (κ1) is 13.2. The van der Waals surface area contributed by atoms with Crippen LogP contribution < -0.4 is 5.32 Å². The quantitative estimate of drug-likeness (QED) is 0.829. The van der Waals surface area contributed by atoms with Crippen molar-refractivity contribution >= 4 is 15.9 Å². The highest BCUT2D eigenvalue weighted by atomic mass is 79.9. The average molecular weight is 300 g/mol. The summed E-state index contributed by atoms with van der Waals surface area (Å²) < 4.78 is 6.48. The molecule has 0 unspecified atom stereocenters. The van der Waals surface area contributed by atoms with Crippen LogP contribution in [-0.4, -0.2) is 6.04 Å². The molecule has 0 saturated heterocycles. The van der Waals surface area contributed by atoms with Crippen molar-refractivity contribution < 1.29 is 4.42 Å². The van der Waals surface area contributed by atoms with Crippen molar-refractivity contribution in [2.75, 3.05) is 0 Å². The second-order valence-electron chi connectivity index (χ2n) is 5.11. The first-order valence-corrected chi connectivity index (χ1v) is 7.52. The third kappa shape index (κ3) is 3.85. The molecule has 0 radical (unpaired) electrons. The molecular weight excluding hydrogens is 278 g/mol. The van der Waals surface area contributed by atoms with Gasteiger partial charge in [0.2, 0.25) is 0 Å². The second kappa shape index (κ2) is 6.60. The molecule has 1 fully saturated rings.